The van der Waals surface area contributed by atoms with Crippen LogP contribution in [-0.2, 0) is 10.8 Å². The van der Waals surface area contributed by atoms with Crippen molar-refractivity contribution in [3.63, 3.8) is 0 Å². The van der Waals surface area contributed by atoms with Gasteiger partial charge in [0.25, 0.3) is 0 Å². The fourth-order valence-electron chi connectivity index (χ4n) is 4.01. The van der Waals surface area contributed by atoms with Gasteiger partial charge in [0.15, 0.2) is 0 Å². The molecule has 0 radical (unpaired) electrons. The van der Waals surface area contributed by atoms with E-state index in [9.17, 15) is 0 Å². The summed E-state index contributed by atoms with van der Waals surface area (Å²) in [4.78, 5) is 0. The molecule has 0 atom stereocenters. The van der Waals surface area contributed by atoms with Gasteiger partial charge in [-0.05, 0) is 82.6 Å². The molecule has 0 amide bonds. The predicted octanol–water partition coefficient (Wildman–Crippen LogP) is 9.05. The highest BCUT2D eigenvalue weighted by Gasteiger charge is 2.25. The van der Waals surface area contributed by atoms with E-state index in [1.54, 1.807) is 0 Å². The van der Waals surface area contributed by atoms with Crippen LogP contribution < -0.4 is 0 Å². The Bertz CT molecular complexity index is 904. The minimum Gasteiger partial charge on any atom is -0.0841 e. The summed E-state index contributed by atoms with van der Waals surface area (Å²) in [5.74, 6) is 0. The van der Waals surface area contributed by atoms with Gasteiger partial charge in [-0.25, -0.2) is 0 Å². The number of hydrogen-bond acceptors (Lipinski definition) is 0. The molecular weight excluding hydrogens is 348 g/mol. The fourth-order valence-corrected chi connectivity index (χ4v) is 4.01. The van der Waals surface area contributed by atoms with Crippen LogP contribution in [-0.4, -0.2) is 0 Å². The molecule has 0 spiro atoms. The molecule has 0 saturated carbocycles. The van der Waals surface area contributed by atoms with Crippen molar-refractivity contribution < 1.29 is 0 Å². The van der Waals surface area contributed by atoms with Gasteiger partial charge in [0, 0.05) is 0 Å². The first-order valence-corrected chi connectivity index (χ1v) is 11.0. The average molecular weight is 389 g/mol. The van der Waals surface area contributed by atoms with Crippen LogP contribution in [0.1, 0.15) is 103 Å². The minimum absolute atomic E-state index is 0.122. The van der Waals surface area contributed by atoms with E-state index in [2.05, 4.69) is 118 Å². The number of allylic oxidation sites excluding steroid dienone is 4. The number of rotatable bonds is 4. The van der Waals surface area contributed by atoms with E-state index in [0.29, 0.717) is 0 Å². The van der Waals surface area contributed by atoms with Crippen molar-refractivity contribution in [3.8, 4) is 0 Å². The molecule has 0 unspecified atom stereocenters. The Morgan fingerprint density at radius 1 is 0.724 bits per heavy atom. The monoisotopic (exact) mass is 388 g/mol. The van der Waals surface area contributed by atoms with E-state index in [1.807, 2.05) is 0 Å². The fraction of sp³-hybridized carbons (Fsp3) is 0.448. The molecule has 0 heteroatoms. The molecule has 0 nitrogen and oxygen atoms in total. The molecule has 0 aliphatic heterocycles. The molecule has 156 valence electrons. The Labute approximate surface area is 179 Å². The van der Waals surface area contributed by atoms with Gasteiger partial charge in [-0.15, -0.1) is 0 Å². The largest absolute Gasteiger partial charge is 0.0841 e. The van der Waals surface area contributed by atoms with E-state index in [4.69, 9.17) is 0 Å². The van der Waals surface area contributed by atoms with Gasteiger partial charge in [-0.3, -0.25) is 0 Å². The molecule has 2 rings (SSSR count). The lowest BCUT2D eigenvalue weighted by Crippen LogP contribution is -2.22. The smallest absolute Gasteiger partial charge is 0.0129 e. The Morgan fingerprint density at radius 3 is 1.66 bits per heavy atom. The lowest BCUT2D eigenvalue weighted by Gasteiger charge is -2.31. The van der Waals surface area contributed by atoms with Crippen LogP contribution in [0.3, 0.4) is 0 Å². The van der Waals surface area contributed by atoms with Crippen LogP contribution in [0.25, 0.3) is 16.7 Å². The summed E-state index contributed by atoms with van der Waals surface area (Å²) >= 11 is 0. The van der Waals surface area contributed by atoms with Gasteiger partial charge in [-0.1, -0.05) is 97.0 Å². The molecule has 0 fully saturated rings. The van der Waals surface area contributed by atoms with Gasteiger partial charge in [0.05, 0.1) is 0 Å². The zero-order valence-corrected chi connectivity index (χ0v) is 20.3. The summed E-state index contributed by atoms with van der Waals surface area (Å²) in [6.45, 7) is 22.7. The van der Waals surface area contributed by atoms with Gasteiger partial charge in [-0.2, -0.15) is 0 Å². The molecule has 2 aromatic rings. The summed E-state index contributed by atoms with van der Waals surface area (Å²) < 4.78 is 0. The number of benzene rings is 2. The predicted molar refractivity (Wildman–Crippen MR) is 132 cm³/mol. The van der Waals surface area contributed by atoms with Crippen molar-refractivity contribution in [3.05, 3.63) is 76.4 Å². The van der Waals surface area contributed by atoms with Crippen LogP contribution in [0.5, 0.6) is 0 Å². The van der Waals surface area contributed by atoms with Crippen LogP contribution in [0, 0.1) is 0 Å². The van der Waals surface area contributed by atoms with Gasteiger partial charge < -0.3 is 0 Å². The lowest BCUT2D eigenvalue weighted by molar-refractivity contribution is 0.530. The van der Waals surface area contributed by atoms with Crippen molar-refractivity contribution >= 4 is 16.7 Å². The van der Waals surface area contributed by atoms with Crippen LogP contribution in [0.4, 0.5) is 0 Å². The highest BCUT2D eigenvalue weighted by Crippen LogP contribution is 2.37. The molecule has 0 aliphatic carbocycles. The number of hydrogen-bond donors (Lipinski definition) is 0. The highest BCUT2D eigenvalue weighted by molar-refractivity contribution is 5.90. The molecule has 29 heavy (non-hydrogen) atoms. The van der Waals surface area contributed by atoms with E-state index < -0.39 is 0 Å². The van der Waals surface area contributed by atoms with Crippen molar-refractivity contribution in [1.82, 2.24) is 0 Å². The Balaban J connectivity index is 2.60. The third-order valence-corrected chi connectivity index (χ3v) is 6.00. The Hall–Kier alpha value is -2.08. The van der Waals surface area contributed by atoms with E-state index in [1.165, 1.54) is 44.5 Å². The average Bonchev–Trinajstić information content (AvgIpc) is 2.66. The van der Waals surface area contributed by atoms with E-state index >= 15 is 0 Å². The maximum Gasteiger partial charge on any atom is -0.0129 e. The molecule has 0 heterocycles. The van der Waals surface area contributed by atoms with Crippen molar-refractivity contribution in [2.24, 2.45) is 0 Å². The first-order valence-electron chi connectivity index (χ1n) is 11.0. The summed E-state index contributed by atoms with van der Waals surface area (Å²) in [7, 11) is 0. The normalized spacial score (nSPS) is 14.1. The summed E-state index contributed by atoms with van der Waals surface area (Å²) in [5.41, 5.74) is 11.3. The summed E-state index contributed by atoms with van der Waals surface area (Å²) in [5, 5.41) is 0. The first-order chi connectivity index (χ1) is 13.4. The zero-order valence-electron chi connectivity index (χ0n) is 20.3. The molecule has 0 N–H and O–H groups in total. The van der Waals surface area contributed by atoms with Crippen molar-refractivity contribution in [1.29, 1.82) is 0 Å². The third-order valence-electron chi connectivity index (χ3n) is 6.00. The van der Waals surface area contributed by atoms with Gasteiger partial charge in [0.1, 0.15) is 0 Å². The zero-order chi connectivity index (χ0) is 22.0. The SMILES string of the molecule is C/C=C(\C)c1ccc(/C(CC)=C(\C)c2ccc(C(C)(C)C)c(C(C)(C)C)c2)cc1. The topological polar surface area (TPSA) is 0 Å². The second-order valence-electron chi connectivity index (χ2n) is 10.3. The van der Waals surface area contributed by atoms with E-state index in [0.717, 1.165) is 6.42 Å². The second kappa shape index (κ2) is 8.74. The molecule has 0 bridgehead atoms. The van der Waals surface area contributed by atoms with Gasteiger partial charge in [0.2, 0.25) is 0 Å². The first kappa shape index (κ1) is 23.2. The molecular formula is C29H40. The standard InChI is InChI=1S/C29H40/c1-11-20(3)22-13-15-23(16-14-22)25(12-2)21(4)24-17-18-26(28(5,6)7)27(19-24)29(8,9)10/h11,13-19H,12H2,1-10H3/b20-11+,25-21+. The van der Waals surface area contributed by atoms with Crippen molar-refractivity contribution in [2.45, 2.75) is 86.5 Å². The molecule has 0 aromatic heterocycles. The van der Waals surface area contributed by atoms with Crippen molar-refractivity contribution in [2.75, 3.05) is 0 Å². The highest BCUT2D eigenvalue weighted by atomic mass is 14.3. The third kappa shape index (κ3) is 5.30. The molecule has 2 aromatic carbocycles. The maximum absolute atomic E-state index is 2.43. The molecule has 0 aliphatic rings. The second-order valence-corrected chi connectivity index (χ2v) is 10.3. The van der Waals surface area contributed by atoms with Crippen LogP contribution in [0.2, 0.25) is 0 Å². The van der Waals surface area contributed by atoms with Crippen LogP contribution >= 0.6 is 0 Å². The Morgan fingerprint density at radius 2 is 1.21 bits per heavy atom. The Kier molecular flexibility index (Phi) is 6.99. The maximum atomic E-state index is 2.43. The molecule has 0 saturated heterocycles. The quantitative estimate of drug-likeness (QED) is 0.458. The van der Waals surface area contributed by atoms with E-state index in [-0.39, 0.29) is 10.8 Å². The van der Waals surface area contributed by atoms with Gasteiger partial charge >= 0.3 is 0 Å². The summed E-state index contributed by atoms with van der Waals surface area (Å²) in [6, 6.07) is 16.2. The lowest BCUT2D eigenvalue weighted by atomic mass is 9.74. The van der Waals surface area contributed by atoms with Crippen LogP contribution in [0.15, 0.2) is 48.5 Å². The minimum atomic E-state index is 0.122. The summed E-state index contributed by atoms with van der Waals surface area (Å²) in [6.07, 6.45) is 3.20.